The predicted molar refractivity (Wildman–Crippen MR) is 77.8 cm³/mol. The van der Waals surface area contributed by atoms with Crippen molar-refractivity contribution in [2.45, 2.75) is 6.54 Å². The quantitative estimate of drug-likeness (QED) is 0.454. The summed E-state index contributed by atoms with van der Waals surface area (Å²) in [6.07, 6.45) is 0. The Kier molecular flexibility index (Phi) is 6.31. The van der Waals surface area contributed by atoms with Gasteiger partial charge in [0.25, 0.3) is 0 Å². The van der Waals surface area contributed by atoms with Crippen molar-refractivity contribution in [3.63, 3.8) is 0 Å². The monoisotopic (exact) mass is 293 g/mol. The van der Waals surface area contributed by atoms with Gasteiger partial charge in [0, 0.05) is 12.2 Å². The van der Waals surface area contributed by atoms with Crippen molar-refractivity contribution in [1.29, 1.82) is 0 Å². The second-order valence-corrected chi connectivity index (χ2v) is 4.53. The van der Waals surface area contributed by atoms with E-state index in [1.54, 1.807) is 24.3 Å². The largest absolute Gasteiger partial charge is 0.369 e. The van der Waals surface area contributed by atoms with Crippen LogP contribution < -0.4 is 22.5 Å². The van der Waals surface area contributed by atoms with Gasteiger partial charge in [-0.3, -0.25) is 19.3 Å². The molecule has 0 unspecified atom stereocenters. The van der Waals surface area contributed by atoms with Crippen molar-refractivity contribution in [2.75, 3.05) is 25.0 Å². The molecule has 0 aromatic heterocycles. The topological polar surface area (TPSA) is 145 Å². The number of nitrogens with zero attached hydrogens (tertiary/aromatic N) is 1. The molecule has 0 aliphatic heterocycles. The standard InChI is InChI=1S/C13H19N5O3/c14-5-9-1-3-10(4-2-9)17-13(21)8-18(6-11(15)19)7-12(16)20/h1-4H,5-8,14H2,(H2,15,19)(H2,16,20)(H,17,21). The maximum absolute atomic E-state index is 11.9. The second kappa shape index (κ2) is 7.98. The van der Waals surface area contributed by atoms with E-state index in [1.807, 2.05) is 0 Å². The van der Waals surface area contributed by atoms with Gasteiger partial charge in [-0.15, -0.1) is 0 Å². The Bertz CT molecular complexity index is 499. The van der Waals surface area contributed by atoms with E-state index in [4.69, 9.17) is 17.2 Å². The molecule has 1 aromatic carbocycles. The average Bonchev–Trinajstić information content (AvgIpc) is 2.37. The van der Waals surface area contributed by atoms with Crippen molar-refractivity contribution >= 4 is 23.4 Å². The van der Waals surface area contributed by atoms with E-state index < -0.39 is 11.8 Å². The summed E-state index contributed by atoms with van der Waals surface area (Å²) in [5, 5.41) is 2.64. The Morgan fingerprint density at radius 1 is 0.952 bits per heavy atom. The van der Waals surface area contributed by atoms with Gasteiger partial charge < -0.3 is 22.5 Å². The normalized spacial score (nSPS) is 10.4. The molecule has 0 heterocycles. The molecule has 8 heteroatoms. The minimum Gasteiger partial charge on any atom is -0.369 e. The molecule has 1 aromatic rings. The van der Waals surface area contributed by atoms with Crippen LogP contribution in [0, 0.1) is 0 Å². The first-order valence-electron chi connectivity index (χ1n) is 6.28. The van der Waals surface area contributed by atoms with Gasteiger partial charge in [0.1, 0.15) is 0 Å². The first-order chi connectivity index (χ1) is 9.90. The summed E-state index contributed by atoms with van der Waals surface area (Å²) < 4.78 is 0. The maximum Gasteiger partial charge on any atom is 0.238 e. The molecule has 21 heavy (non-hydrogen) atoms. The van der Waals surface area contributed by atoms with Crippen molar-refractivity contribution in [1.82, 2.24) is 4.90 Å². The first kappa shape index (κ1) is 16.6. The number of amides is 3. The number of benzene rings is 1. The van der Waals surface area contributed by atoms with Crippen LogP contribution in [0.2, 0.25) is 0 Å². The fourth-order valence-corrected chi connectivity index (χ4v) is 1.74. The summed E-state index contributed by atoms with van der Waals surface area (Å²) >= 11 is 0. The van der Waals surface area contributed by atoms with Crippen LogP contribution in [0.4, 0.5) is 5.69 Å². The molecule has 8 nitrogen and oxygen atoms in total. The summed E-state index contributed by atoms with van der Waals surface area (Å²) in [6, 6.07) is 7.01. The fraction of sp³-hybridized carbons (Fsp3) is 0.308. The third-order valence-corrected chi connectivity index (χ3v) is 2.60. The van der Waals surface area contributed by atoms with Crippen molar-refractivity contribution in [3.05, 3.63) is 29.8 Å². The van der Waals surface area contributed by atoms with Crippen LogP contribution in [0.25, 0.3) is 0 Å². The lowest BCUT2D eigenvalue weighted by molar-refractivity contribution is -0.123. The number of nitrogens with two attached hydrogens (primary N) is 3. The summed E-state index contributed by atoms with van der Waals surface area (Å²) in [4.78, 5) is 34.9. The van der Waals surface area contributed by atoms with E-state index in [1.165, 1.54) is 4.90 Å². The molecule has 0 aliphatic rings. The molecule has 0 aliphatic carbocycles. The molecule has 114 valence electrons. The molecule has 0 atom stereocenters. The Balaban J connectivity index is 2.59. The van der Waals surface area contributed by atoms with E-state index in [-0.39, 0.29) is 25.5 Å². The average molecular weight is 293 g/mol. The third-order valence-electron chi connectivity index (χ3n) is 2.60. The van der Waals surface area contributed by atoms with E-state index in [0.717, 1.165) is 5.56 Å². The second-order valence-electron chi connectivity index (χ2n) is 4.53. The number of nitrogens with one attached hydrogen (secondary N) is 1. The fourth-order valence-electron chi connectivity index (χ4n) is 1.74. The van der Waals surface area contributed by atoms with Crippen LogP contribution in [0.15, 0.2) is 24.3 Å². The number of primary amides is 2. The van der Waals surface area contributed by atoms with Gasteiger partial charge in [-0.2, -0.15) is 0 Å². The summed E-state index contributed by atoms with van der Waals surface area (Å²) in [5.41, 5.74) is 17.1. The number of hydrogen-bond donors (Lipinski definition) is 4. The zero-order valence-corrected chi connectivity index (χ0v) is 11.5. The molecular weight excluding hydrogens is 274 g/mol. The minimum absolute atomic E-state index is 0.162. The Labute approximate surface area is 122 Å². The van der Waals surface area contributed by atoms with E-state index >= 15 is 0 Å². The highest BCUT2D eigenvalue weighted by molar-refractivity contribution is 5.93. The van der Waals surface area contributed by atoms with Gasteiger partial charge in [0.2, 0.25) is 17.7 Å². The number of carbonyl (C=O) groups excluding carboxylic acids is 3. The third kappa shape index (κ3) is 6.50. The molecule has 0 spiro atoms. The Morgan fingerprint density at radius 2 is 1.48 bits per heavy atom. The lowest BCUT2D eigenvalue weighted by Gasteiger charge is -2.18. The van der Waals surface area contributed by atoms with Crippen molar-refractivity contribution in [3.8, 4) is 0 Å². The van der Waals surface area contributed by atoms with Gasteiger partial charge in [-0.25, -0.2) is 0 Å². The number of hydrogen-bond acceptors (Lipinski definition) is 5. The van der Waals surface area contributed by atoms with Crippen LogP contribution in [-0.4, -0.2) is 42.3 Å². The van der Waals surface area contributed by atoms with E-state index in [9.17, 15) is 14.4 Å². The van der Waals surface area contributed by atoms with Crippen molar-refractivity contribution in [2.24, 2.45) is 17.2 Å². The molecule has 0 saturated heterocycles. The SMILES string of the molecule is NCc1ccc(NC(=O)CN(CC(N)=O)CC(N)=O)cc1. The first-order valence-corrected chi connectivity index (χ1v) is 6.28. The molecule has 0 radical (unpaired) electrons. The van der Waals surface area contributed by atoms with Gasteiger partial charge in [-0.1, -0.05) is 12.1 Å². The van der Waals surface area contributed by atoms with E-state index in [2.05, 4.69) is 5.32 Å². The zero-order chi connectivity index (χ0) is 15.8. The molecular formula is C13H19N5O3. The number of rotatable bonds is 8. The van der Waals surface area contributed by atoms with E-state index in [0.29, 0.717) is 12.2 Å². The van der Waals surface area contributed by atoms with Gasteiger partial charge >= 0.3 is 0 Å². The lowest BCUT2D eigenvalue weighted by Crippen LogP contribution is -2.43. The smallest absolute Gasteiger partial charge is 0.238 e. The summed E-state index contributed by atoms with van der Waals surface area (Å²) in [5.74, 6) is -1.66. The van der Waals surface area contributed by atoms with Crippen molar-refractivity contribution < 1.29 is 14.4 Å². The lowest BCUT2D eigenvalue weighted by atomic mass is 10.2. The predicted octanol–water partition coefficient (Wildman–Crippen LogP) is -1.64. The minimum atomic E-state index is -0.642. The number of carbonyl (C=O) groups is 3. The van der Waals surface area contributed by atoms with Gasteiger partial charge in [-0.05, 0) is 17.7 Å². The van der Waals surface area contributed by atoms with Crippen LogP contribution in [0.1, 0.15) is 5.56 Å². The number of anilines is 1. The highest BCUT2D eigenvalue weighted by Crippen LogP contribution is 2.09. The Morgan fingerprint density at radius 3 is 1.90 bits per heavy atom. The molecule has 0 saturated carbocycles. The highest BCUT2D eigenvalue weighted by atomic mass is 16.2. The van der Waals surface area contributed by atoms with Crippen LogP contribution in [-0.2, 0) is 20.9 Å². The molecule has 1 rings (SSSR count). The van der Waals surface area contributed by atoms with Crippen LogP contribution >= 0.6 is 0 Å². The van der Waals surface area contributed by atoms with Gasteiger partial charge in [0.05, 0.1) is 19.6 Å². The van der Waals surface area contributed by atoms with Crippen LogP contribution in [0.5, 0.6) is 0 Å². The summed E-state index contributed by atoms with van der Waals surface area (Å²) in [7, 11) is 0. The highest BCUT2D eigenvalue weighted by Gasteiger charge is 2.15. The summed E-state index contributed by atoms with van der Waals surface area (Å²) in [6.45, 7) is -0.186. The van der Waals surface area contributed by atoms with Gasteiger partial charge in [0.15, 0.2) is 0 Å². The Hall–Kier alpha value is -2.45. The maximum atomic E-state index is 11.9. The zero-order valence-electron chi connectivity index (χ0n) is 11.5. The molecule has 3 amide bonds. The molecule has 0 fully saturated rings. The molecule has 0 bridgehead atoms. The van der Waals surface area contributed by atoms with Crippen LogP contribution in [0.3, 0.4) is 0 Å². The molecule has 7 N–H and O–H groups in total.